The number of halogens is 1. The van der Waals surface area contributed by atoms with Crippen LogP contribution in [0.3, 0.4) is 0 Å². The van der Waals surface area contributed by atoms with Crippen LogP contribution in [0.15, 0.2) is 36.7 Å². The molecule has 1 atom stereocenters. The van der Waals surface area contributed by atoms with E-state index in [0.29, 0.717) is 24.6 Å². The Balaban J connectivity index is 1.49. The van der Waals surface area contributed by atoms with Gasteiger partial charge in [0.05, 0.1) is 6.04 Å². The number of carbonyl (C=O) groups excluding carboxylic acids is 1. The molecular weight excluding hydrogens is 333 g/mol. The average Bonchev–Trinajstić information content (AvgIpc) is 2.69. The van der Waals surface area contributed by atoms with Crippen LogP contribution >= 0.6 is 0 Å². The fourth-order valence-electron chi connectivity index (χ4n) is 3.73. The molecule has 1 amide bonds. The molecule has 26 heavy (non-hydrogen) atoms. The highest BCUT2D eigenvalue weighted by Gasteiger charge is 2.31. The Hall–Kier alpha value is -2.54. The first kappa shape index (κ1) is 16.9. The van der Waals surface area contributed by atoms with Gasteiger partial charge >= 0.3 is 0 Å². The summed E-state index contributed by atoms with van der Waals surface area (Å²) in [4.78, 5) is 24.5. The molecule has 1 aromatic carbocycles. The summed E-state index contributed by atoms with van der Waals surface area (Å²) in [5, 5.41) is 2.93. The van der Waals surface area contributed by atoms with E-state index in [2.05, 4.69) is 20.2 Å². The zero-order chi connectivity index (χ0) is 17.9. The summed E-state index contributed by atoms with van der Waals surface area (Å²) in [5.41, 5.74) is 1.07. The van der Waals surface area contributed by atoms with Crippen LogP contribution in [0.5, 0.6) is 0 Å². The number of hydrogen-bond donors (Lipinski definition) is 1. The summed E-state index contributed by atoms with van der Waals surface area (Å²) in [5.74, 6) is 0.0680. The predicted molar refractivity (Wildman–Crippen MR) is 97.2 cm³/mol. The number of amides is 1. The second-order valence-electron chi connectivity index (χ2n) is 6.70. The first-order valence-electron chi connectivity index (χ1n) is 9.06. The molecule has 4 rings (SSSR count). The first-order valence-corrected chi connectivity index (χ1v) is 9.06. The molecule has 0 saturated carbocycles. The number of aromatic nitrogens is 2. The van der Waals surface area contributed by atoms with Crippen molar-refractivity contribution in [3.8, 4) is 11.3 Å². The van der Waals surface area contributed by atoms with Gasteiger partial charge in [0, 0.05) is 38.3 Å². The lowest BCUT2D eigenvalue weighted by molar-refractivity contribution is -0.128. The van der Waals surface area contributed by atoms with Gasteiger partial charge in [0.25, 0.3) is 0 Å². The highest BCUT2D eigenvalue weighted by molar-refractivity contribution is 5.82. The van der Waals surface area contributed by atoms with E-state index in [1.165, 1.54) is 6.33 Å². The van der Waals surface area contributed by atoms with Crippen molar-refractivity contribution in [3.63, 3.8) is 0 Å². The number of anilines is 1. The summed E-state index contributed by atoms with van der Waals surface area (Å²) in [7, 11) is 0. The smallest absolute Gasteiger partial charge is 0.237 e. The third kappa shape index (κ3) is 3.26. The van der Waals surface area contributed by atoms with Crippen LogP contribution < -0.4 is 10.2 Å². The molecule has 0 bridgehead atoms. The van der Waals surface area contributed by atoms with Gasteiger partial charge in [0.1, 0.15) is 12.0 Å². The summed E-state index contributed by atoms with van der Waals surface area (Å²) in [6.07, 6.45) is 3.32. The second-order valence-corrected chi connectivity index (χ2v) is 6.70. The highest BCUT2D eigenvalue weighted by Crippen LogP contribution is 2.27. The predicted octanol–water partition coefficient (Wildman–Crippen LogP) is 1.68. The zero-order valence-corrected chi connectivity index (χ0v) is 14.6. The molecule has 136 valence electrons. The number of carbonyl (C=O) groups is 1. The van der Waals surface area contributed by atoms with Gasteiger partial charge in [-0.15, -0.1) is 0 Å². The summed E-state index contributed by atoms with van der Waals surface area (Å²) in [6.45, 7) is 3.51. The molecule has 2 aliphatic rings. The SMILES string of the molecule is O=C1NCCCC1N1CCN(c2ncnc(-c3ccccc3)c2F)CC1. The van der Waals surface area contributed by atoms with Crippen LogP contribution in [-0.2, 0) is 4.79 Å². The molecule has 0 aliphatic carbocycles. The standard InChI is InChI=1S/C19H22FN5O/c20-16-17(14-5-2-1-3-6-14)22-13-23-18(16)25-11-9-24(10-12-25)15-7-4-8-21-19(15)26/h1-3,5-6,13,15H,4,7-12H2,(H,21,26). The Labute approximate surface area is 152 Å². The molecule has 2 fully saturated rings. The number of nitrogens with zero attached hydrogens (tertiary/aromatic N) is 4. The molecule has 2 aromatic rings. The molecule has 1 unspecified atom stereocenters. The maximum Gasteiger partial charge on any atom is 0.237 e. The molecule has 7 heteroatoms. The maximum absolute atomic E-state index is 15.0. The Morgan fingerprint density at radius 1 is 1.08 bits per heavy atom. The van der Waals surface area contributed by atoms with Crippen LogP contribution in [0.1, 0.15) is 12.8 Å². The van der Waals surface area contributed by atoms with E-state index in [-0.39, 0.29) is 17.8 Å². The Kier molecular flexibility index (Phi) is 4.79. The van der Waals surface area contributed by atoms with Crippen LogP contribution in [0.2, 0.25) is 0 Å². The number of nitrogens with one attached hydrogen (secondary N) is 1. The van der Waals surface area contributed by atoms with Crippen molar-refractivity contribution in [2.75, 3.05) is 37.6 Å². The van der Waals surface area contributed by atoms with E-state index < -0.39 is 0 Å². The molecule has 3 heterocycles. The lowest BCUT2D eigenvalue weighted by atomic mass is 10.0. The van der Waals surface area contributed by atoms with Crippen molar-refractivity contribution in [3.05, 3.63) is 42.5 Å². The van der Waals surface area contributed by atoms with E-state index in [1.54, 1.807) is 0 Å². The number of hydrogen-bond acceptors (Lipinski definition) is 5. The lowest BCUT2D eigenvalue weighted by Gasteiger charge is -2.40. The van der Waals surface area contributed by atoms with Gasteiger partial charge in [-0.25, -0.2) is 14.4 Å². The topological polar surface area (TPSA) is 61.4 Å². The van der Waals surface area contributed by atoms with Gasteiger partial charge in [-0.05, 0) is 12.8 Å². The molecule has 2 saturated heterocycles. The lowest BCUT2D eigenvalue weighted by Crippen LogP contribution is -2.57. The van der Waals surface area contributed by atoms with Crippen LogP contribution in [0, 0.1) is 5.82 Å². The third-order valence-electron chi connectivity index (χ3n) is 5.13. The minimum absolute atomic E-state index is 0.0546. The minimum atomic E-state index is -0.387. The van der Waals surface area contributed by atoms with Crippen molar-refractivity contribution >= 4 is 11.7 Å². The summed E-state index contributed by atoms with van der Waals surface area (Å²) < 4.78 is 15.0. The second kappa shape index (κ2) is 7.37. The largest absolute Gasteiger partial charge is 0.355 e. The van der Waals surface area contributed by atoms with Gasteiger partial charge in [-0.1, -0.05) is 30.3 Å². The molecular formula is C19H22FN5O. The number of rotatable bonds is 3. The fourth-order valence-corrected chi connectivity index (χ4v) is 3.73. The fraction of sp³-hybridized carbons (Fsp3) is 0.421. The van der Waals surface area contributed by atoms with Crippen molar-refractivity contribution in [1.29, 1.82) is 0 Å². The maximum atomic E-state index is 15.0. The quantitative estimate of drug-likeness (QED) is 0.908. The van der Waals surface area contributed by atoms with Gasteiger partial charge in [0.15, 0.2) is 11.6 Å². The number of benzene rings is 1. The van der Waals surface area contributed by atoms with Gasteiger partial charge in [-0.3, -0.25) is 9.69 Å². The normalized spacial score (nSPS) is 21.5. The van der Waals surface area contributed by atoms with Crippen LogP contribution in [0.4, 0.5) is 10.2 Å². The van der Waals surface area contributed by atoms with E-state index >= 15 is 4.39 Å². The Morgan fingerprint density at radius 3 is 2.58 bits per heavy atom. The molecule has 1 N–H and O–H groups in total. The molecule has 0 radical (unpaired) electrons. The van der Waals surface area contributed by atoms with E-state index in [4.69, 9.17) is 0 Å². The molecule has 1 aromatic heterocycles. The van der Waals surface area contributed by atoms with Crippen LogP contribution in [0.25, 0.3) is 11.3 Å². The van der Waals surface area contributed by atoms with Gasteiger partial charge in [-0.2, -0.15) is 0 Å². The summed E-state index contributed by atoms with van der Waals surface area (Å²) >= 11 is 0. The van der Waals surface area contributed by atoms with E-state index in [1.807, 2.05) is 35.2 Å². The molecule has 6 nitrogen and oxygen atoms in total. The minimum Gasteiger partial charge on any atom is -0.355 e. The van der Waals surface area contributed by atoms with Crippen molar-refractivity contribution in [1.82, 2.24) is 20.2 Å². The Morgan fingerprint density at radius 2 is 1.85 bits per heavy atom. The number of piperidine rings is 1. The molecule has 0 spiro atoms. The monoisotopic (exact) mass is 355 g/mol. The average molecular weight is 355 g/mol. The van der Waals surface area contributed by atoms with Crippen molar-refractivity contribution in [2.24, 2.45) is 0 Å². The Bertz CT molecular complexity index is 777. The highest BCUT2D eigenvalue weighted by atomic mass is 19.1. The van der Waals surface area contributed by atoms with Crippen LogP contribution in [-0.4, -0.2) is 59.5 Å². The zero-order valence-electron chi connectivity index (χ0n) is 14.6. The van der Waals surface area contributed by atoms with Gasteiger partial charge < -0.3 is 10.2 Å². The molecule has 2 aliphatic heterocycles. The summed E-state index contributed by atoms with van der Waals surface area (Å²) in [6, 6.07) is 9.25. The van der Waals surface area contributed by atoms with Crippen molar-refractivity contribution in [2.45, 2.75) is 18.9 Å². The van der Waals surface area contributed by atoms with Crippen molar-refractivity contribution < 1.29 is 9.18 Å². The van der Waals surface area contributed by atoms with Gasteiger partial charge in [0.2, 0.25) is 5.91 Å². The first-order chi connectivity index (χ1) is 12.7. The van der Waals surface area contributed by atoms with E-state index in [9.17, 15) is 4.79 Å². The number of piperazine rings is 1. The van der Waals surface area contributed by atoms with E-state index in [0.717, 1.165) is 38.0 Å². The third-order valence-corrected chi connectivity index (χ3v) is 5.13.